The van der Waals surface area contributed by atoms with Gasteiger partial charge in [-0.3, -0.25) is 14.6 Å². The van der Waals surface area contributed by atoms with Crippen molar-refractivity contribution in [2.24, 2.45) is 5.73 Å². The molecule has 4 nitrogen and oxygen atoms in total. The lowest BCUT2D eigenvalue weighted by atomic mass is 10.1. The molecule has 0 aliphatic carbocycles. The lowest BCUT2D eigenvalue weighted by Gasteiger charge is -2.41. The molecule has 2 N–H and O–H groups in total. The Morgan fingerprint density at radius 2 is 2.13 bits per heavy atom. The molecule has 1 aliphatic heterocycles. The molecule has 1 heterocycles. The van der Waals surface area contributed by atoms with Crippen molar-refractivity contribution in [3.05, 3.63) is 0 Å². The molecule has 88 valence electrons. The third-order valence-electron chi connectivity index (χ3n) is 3.36. The summed E-state index contributed by atoms with van der Waals surface area (Å²) in [6.45, 7) is 10.5. The Bertz CT molecular complexity index is 220. The minimum atomic E-state index is -0.186. The first-order valence-electron chi connectivity index (χ1n) is 5.87. The van der Waals surface area contributed by atoms with Gasteiger partial charge in [-0.05, 0) is 19.9 Å². The summed E-state index contributed by atoms with van der Waals surface area (Å²) >= 11 is 0. The zero-order valence-corrected chi connectivity index (χ0v) is 10.1. The summed E-state index contributed by atoms with van der Waals surface area (Å²) in [5.41, 5.74) is 5.40. The van der Waals surface area contributed by atoms with E-state index in [2.05, 4.69) is 23.6 Å². The molecule has 4 heteroatoms. The van der Waals surface area contributed by atoms with Crippen LogP contribution in [0.3, 0.4) is 0 Å². The molecule has 15 heavy (non-hydrogen) atoms. The van der Waals surface area contributed by atoms with Gasteiger partial charge >= 0.3 is 0 Å². The largest absolute Gasteiger partial charge is 0.368 e. The van der Waals surface area contributed by atoms with Crippen LogP contribution in [0.2, 0.25) is 0 Å². The number of primary amides is 1. The van der Waals surface area contributed by atoms with E-state index in [0.29, 0.717) is 6.04 Å². The molecule has 0 aromatic rings. The van der Waals surface area contributed by atoms with Gasteiger partial charge in [-0.25, -0.2) is 0 Å². The molecule has 1 saturated heterocycles. The molecule has 0 aromatic carbocycles. The van der Waals surface area contributed by atoms with Crippen molar-refractivity contribution in [2.75, 3.05) is 26.2 Å². The van der Waals surface area contributed by atoms with Gasteiger partial charge in [0, 0.05) is 25.7 Å². The fourth-order valence-electron chi connectivity index (χ4n) is 2.42. The van der Waals surface area contributed by atoms with E-state index < -0.39 is 0 Å². The van der Waals surface area contributed by atoms with Crippen LogP contribution in [0, 0.1) is 0 Å². The van der Waals surface area contributed by atoms with Gasteiger partial charge in [0.2, 0.25) is 5.91 Å². The smallest absolute Gasteiger partial charge is 0.234 e. The molecule has 1 fully saturated rings. The highest BCUT2D eigenvalue weighted by molar-refractivity contribution is 5.79. The third kappa shape index (κ3) is 2.92. The van der Waals surface area contributed by atoms with Crippen molar-refractivity contribution < 1.29 is 4.79 Å². The van der Waals surface area contributed by atoms with Gasteiger partial charge in [-0.2, -0.15) is 0 Å². The number of piperazine rings is 1. The maximum absolute atomic E-state index is 11.3. The van der Waals surface area contributed by atoms with Crippen LogP contribution in [0.15, 0.2) is 0 Å². The van der Waals surface area contributed by atoms with E-state index in [0.717, 1.165) is 32.6 Å². The van der Waals surface area contributed by atoms with Crippen molar-refractivity contribution in [3.8, 4) is 0 Å². The minimum absolute atomic E-state index is 0.0774. The first-order valence-corrected chi connectivity index (χ1v) is 5.87. The zero-order chi connectivity index (χ0) is 11.4. The number of rotatable bonds is 4. The monoisotopic (exact) mass is 213 g/mol. The molecular weight excluding hydrogens is 190 g/mol. The van der Waals surface area contributed by atoms with E-state index in [-0.39, 0.29) is 11.9 Å². The van der Waals surface area contributed by atoms with Gasteiger partial charge in [0.15, 0.2) is 0 Å². The molecule has 0 saturated carbocycles. The highest BCUT2D eigenvalue weighted by Gasteiger charge is 2.29. The average Bonchev–Trinajstić information content (AvgIpc) is 2.18. The van der Waals surface area contributed by atoms with Crippen LogP contribution in [0.5, 0.6) is 0 Å². The van der Waals surface area contributed by atoms with E-state index in [9.17, 15) is 4.79 Å². The second kappa shape index (κ2) is 5.47. The molecule has 1 aliphatic rings. The first-order chi connectivity index (χ1) is 7.10. The van der Waals surface area contributed by atoms with Crippen LogP contribution in [0.4, 0.5) is 0 Å². The van der Waals surface area contributed by atoms with E-state index in [4.69, 9.17) is 5.73 Å². The van der Waals surface area contributed by atoms with E-state index in [1.165, 1.54) is 0 Å². The second-order valence-corrected chi connectivity index (χ2v) is 4.30. The number of hydrogen-bond acceptors (Lipinski definition) is 3. The number of likely N-dealkylation sites (N-methyl/N-ethyl adjacent to an activating group) is 1. The van der Waals surface area contributed by atoms with Gasteiger partial charge in [0.05, 0.1) is 6.04 Å². The normalized spacial score (nSPS) is 26.5. The predicted molar refractivity (Wildman–Crippen MR) is 61.6 cm³/mol. The standard InChI is InChI=1S/C11H23N3O/c1-4-10(11(12)15)14-7-6-13(5-2)9(3)8-14/h9-10H,4-8H2,1-3H3,(H2,12,15). The van der Waals surface area contributed by atoms with Crippen LogP contribution in [-0.4, -0.2) is 54.0 Å². The highest BCUT2D eigenvalue weighted by Crippen LogP contribution is 2.13. The van der Waals surface area contributed by atoms with Gasteiger partial charge in [-0.1, -0.05) is 13.8 Å². The van der Waals surface area contributed by atoms with Crippen molar-refractivity contribution in [2.45, 2.75) is 39.3 Å². The summed E-state index contributed by atoms with van der Waals surface area (Å²) in [6, 6.07) is 0.448. The van der Waals surface area contributed by atoms with Crippen LogP contribution in [0.1, 0.15) is 27.2 Å². The molecular formula is C11H23N3O. The van der Waals surface area contributed by atoms with Crippen LogP contribution >= 0.6 is 0 Å². The summed E-state index contributed by atoms with van der Waals surface area (Å²) in [6.07, 6.45) is 0.814. The fraction of sp³-hybridized carbons (Fsp3) is 0.909. The van der Waals surface area contributed by atoms with Gasteiger partial charge in [0.25, 0.3) is 0 Å². The molecule has 2 unspecified atom stereocenters. The maximum Gasteiger partial charge on any atom is 0.234 e. The highest BCUT2D eigenvalue weighted by atomic mass is 16.1. The van der Waals surface area contributed by atoms with E-state index in [1.54, 1.807) is 0 Å². The van der Waals surface area contributed by atoms with Crippen molar-refractivity contribution in [1.82, 2.24) is 9.80 Å². The predicted octanol–water partition coefficient (Wildman–Crippen LogP) is 0.276. The number of nitrogens with zero attached hydrogens (tertiary/aromatic N) is 2. The van der Waals surface area contributed by atoms with E-state index >= 15 is 0 Å². The molecule has 0 radical (unpaired) electrons. The number of hydrogen-bond donors (Lipinski definition) is 1. The number of carbonyl (C=O) groups excluding carboxylic acids is 1. The summed E-state index contributed by atoms with van der Waals surface area (Å²) in [5, 5.41) is 0. The Hall–Kier alpha value is -0.610. The Kier molecular flexibility index (Phi) is 4.54. The average molecular weight is 213 g/mol. The third-order valence-corrected chi connectivity index (χ3v) is 3.36. The Morgan fingerprint density at radius 3 is 2.53 bits per heavy atom. The molecule has 0 spiro atoms. The van der Waals surface area contributed by atoms with Crippen LogP contribution < -0.4 is 5.73 Å². The van der Waals surface area contributed by atoms with Crippen molar-refractivity contribution in [1.29, 1.82) is 0 Å². The minimum Gasteiger partial charge on any atom is -0.368 e. The molecule has 2 atom stereocenters. The Morgan fingerprint density at radius 1 is 1.47 bits per heavy atom. The number of amides is 1. The van der Waals surface area contributed by atoms with Crippen LogP contribution in [-0.2, 0) is 4.79 Å². The summed E-state index contributed by atoms with van der Waals surface area (Å²) in [4.78, 5) is 15.9. The first kappa shape index (κ1) is 12.5. The van der Waals surface area contributed by atoms with Crippen molar-refractivity contribution >= 4 is 5.91 Å². The molecule has 0 bridgehead atoms. The molecule has 0 aromatic heterocycles. The second-order valence-electron chi connectivity index (χ2n) is 4.30. The van der Waals surface area contributed by atoms with Crippen LogP contribution in [0.25, 0.3) is 0 Å². The Balaban J connectivity index is 2.56. The molecule has 1 rings (SSSR count). The summed E-state index contributed by atoms with van der Waals surface area (Å²) in [7, 11) is 0. The van der Waals surface area contributed by atoms with Gasteiger partial charge in [-0.15, -0.1) is 0 Å². The zero-order valence-electron chi connectivity index (χ0n) is 10.1. The lowest BCUT2D eigenvalue weighted by Crippen LogP contribution is -2.57. The number of carbonyl (C=O) groups is 1. The number of nitrogens with two attached hydrogens (primary N) is 1. The fourth-order valence-corrected chi connectivity index (χ4v) is 2.42. The Labute approximate surface area is 92.4 Å². The lowest BCUT2D eigenvalue weighted by molar-refractivity contribution is -0.124. The summed E-state index contributed by atoms with van der Waals surface area (Å²) < 4.78 is 0. The van der Waals surface area contributed by atoms with Crippen molar-refractivity contribution in [3.63, 3.8) is 0 Å². The SMILES string of the molecule is CCC(C(N)=O)N1CCN(CC)C(C)C1. The quantitative estimate of drug-likeness (QED) is 0.729. The summed E-state index contributed by atoms with van der Waals surface area (Å²) in [5.74, 6) is -0.186. The van der Waals surface area contributed by atoms with Gasteiger partial charge in [0.1, 0.15) is 0 Å². The topological polar surface area (TPSA) is 49.6 Å². The molecule has 1 amide bonds. The maximum atomic E-state index is 11.3. The van der Waals surface area contributed by atoms with Gasteiger partial charge < -0.3 is 5.73 Å². The van der Waals surface area contributed by atoms with E-state index in [1.807, 2.05) is 6.92 Å².